The van der Waals surface area contributed by atoms with E-state index in [1.165, 1.54) is 20.8 Å². The molecule has 0 aromatic rings. The van der Waals surface area contributed by atoms with Crippen LogP contribution in [0.15, 0.2) is 0 Å². The van der Waals surface area contributed by atoms with Gasteiger partial charge in [0, 0.05) is 6.42 Å². The van der Waals surface area contributed by atoms with Crippen LogP contribution < -0.4 is 10.5 Å². The number of ketones is 1. The molecule has 0 rings (SSSR count). The van der Waals surface area contributed by atoms with Gasteiger partial charge in [0.05, 0.1) is 11.3 Å². The summed E-state index contributed by atoms with van der Waals surface area (Å²) in [6.07, 6.45) is -0.318. The van der Waals surface area contributed by atoms with E-state index in [-0.39, 0.29) is 6.42 Å². The van der Waals surface area contributed by atoms with Crippen LogP contribution in [0, 0.1) is 0 Å². The first-order chi connectivity index (χ1) is 6.66. The van der Waals surface area contributed by atoms with Crippen molar-refractivity contribution in [3.63, 3.8) is 0 Å². The summed E-state index contributed by atoms with van der Waals surface area (Å²) in [4.78, 5) is 21.7. The number of amides is 1. The number of Topliss-reactive ketones (excluding diaryl/α,β-unsaturated/α-hetero) is 1. The molecule has 6 nitrogen and oxygen atoms in total. The minimum atomic E-state index is -3.57. The van der Waals surface area contributed by atoms with Crippen LogP contribution in [0.4, 0.5) is 0 Å². The summed E-state index contributed by atoms with van der Waals surface area (Å²) in [6.45, 7) is 4.16. The standard InChI is InChI=1S/C8H16N2O4S/c1-5(2)15(13,14)10-7(6(3)11)4-8(9)12/h5,7,10H,4H2,1-3H3,(H2,9,12)/t7-/m1/s1. The van der Waals surface area contributed by atoms with Crippen molar-refractivity contribution in [2.75, 3.05) is 0 Å². The molecular formula is C8H16N2O4S. The van der Waals surface area contributed by atoms with Gasteiger partial charge in [0.25, 0.3) is 0 Å². The summed E-state index contributed by atoms with van der Waals surface area (Å²) in [5.74, 6) is -1.15. The van der Waals surface area contributed by atoms with Gasteiger partial charge in [0.1, 0.15) is 5.78 Å². The third kappa shape index (κ3) is 4.89. The first-order valence-electron chi connectivity index (χ1n) is 4.46. The SMILES string of the molecule is CC(=O)[C@@H](CC(N)=O)NS(=O)(=O)C(C)C. The zero-order valence-electron chi connectivity index (χ0n) is 8.98. The maximum Gasteiger partial charge on any atom is 0.219 e. The molecule has 0 aliphatic rings. The molecule has 0 spiro atoms. The lowest BCUT2D eigenvalue weighted by molar-refractivity contribution is -0.124. The highest BCUT2D eigenvalue weighted by Gasteiger charge is 2.25. The Labute approximate surface area is 89.3 Å². The molecule has 0 aliphatic carbocycles. The normalized spacial score (nSPS) is 13.9. The summed E-state index contributed by atoms with van der Waals surface area (Å²) >= 11 is 0. The highest BCUT2D eigenvalue weighted by atomic mass is 32.2. The number of nitrogens with one attached hydrogen (secondary N) is 1. The zero-order chi connectivity index (χ0) is 12.2. The quantitative estimate of drug-likeness (QED) is 0.626. The van der Waals surface area contributed by atoms with Gasteiger partial charge in [-0.3, -0.25) is 9.59 Å². The number of sulfonamides is 1. The molecule has 3 N–H and O–H groups in total. The molecule has 0 saturated heterocycles. The lowest BCUT2D eigenvalue weighted by atomic mass is 10.1. The fraction of sp³-hybridized carbons (Fsp3) is 0.750. The Balaban J connectivity index is 4.70. The minimum Gasteiger partial charge on any atom is -0.370 e. The molecule has 0 unspecified atom stereocenters. The van der Waals surface area contributed by atoms with Crippen molar-refractivity contribution in [1.82, 2.24) is 4.72 Å². The second kappa shape index (κ2) is 5.22. The van der Waals surface area contributed by atoms with Gasteiger partial charge in [-0.1, -0.05) is 0 Å². The predicted molar refractivity (Wildman–Crippen MR) is 55.5 cm³/mol. The van der Waals surface area contributed by atoms with Gasteiger partial charge in [-0.05, 0) is 20.8 Å². The molecule has 88 valence electrons. The van der Waals surface area contributed by atoms with Crippen molar-refractivity contribution in [1.29, 1.82) is 0 Å². The Morgan fingerprint density at radius 1 is 1.33 bits per heavy atom. The van der Waals surface area contributed by atoms with E-state index < -0.39 is 33.0 Å². The molecule has 0 aromatic heterocycles. The van der Waals surface area contributed by atoms with Crippen molar-refractivity contribution >= 4 is 21.7 Å². The molecule has 7 heteroatoms. The highest BCUT2D eigenvalue weighted by Crippen LogP contribution is 2.02. The van der Waals surface area contributed by atoms with Crippen molar-refractivity contribution < 1.29 is 18.0 Å². The van der Waals surface area contributed by atoms with Gasteiger partial charge >= 0.3 is 0 Å². The van der Waals surface area contributed by atoms with Gasteiger partial charge in [-0.2, -0.15) is 0 Å². The lowest BCUT2D eigenvalue weighted by Crippen LogP contribution is -2.44. The van der Waals surface area contributed by atoms with E-state index >= 15 is 0 Å². The molecule has 0 heterocycles. The number of carbonyl (C=O) groups is 2. The molecule has 1 amide bonds. The summed E-state index contributed by atoms with van der Waals surface area (Å²) in [5.41, 5.74) is 4.90. The van der Waals surface area contributed by atoms with Crippen LogP contribution in [0.25, 0.3) is 0 Å². The van der Waals surface area contributed by atoms with E-state index in [0.717, 1.165) is 0 Å². The van der Waals surface area contributed by atoms with E-state index in [0.29, 0.717) is 0 Å². The smallest absolute Gasteiger partial charge is 0.219 e. The Morgan fingerprint density at radius 2 is 1.80 bits per heavy atom. The van der Waals surface area contributed by atoms with E-state index in [2.05, 4.69) is 4.72 Å². The van der Waals surface area contributed by atoms with Crippen LogP contribution in [-0.2, 0) is 19.6 Å². The van der Waals surface area contributed by atoms with Crippen LogP contribution in [0.5, 0.6) is 0 Å². The molecule has 0 fully saturated rings. The van der Waals surface area contributed by atoms with Crippen LogP contribution in [0.3, 0.4) is 0 Å². The average Bonchev–Trinajstić information content (AvgIpc) is 2.01. The Morgan fingerprint density at radius 3 is 2.07 bits per heavy atom. The molecular weight excluding hydrogens is 220 g/mol. The molecule has 0 aromatic carbocycles. The molecule has 0 radical (unpaired) electrons. The van der Waals surface area contributed by atoms with Gasteiger partial charge < -0.3 is 5.73 Å². The number of hydrogen-bond donors (Lipinski definition) is 2. The lowest BCUT2D eigenvalue weighted by Gasteiger charge is -2.16. The summed E-state index contributed by atoms with van der Waals surface area (Å²) < 4.78 is 25.0. The van der Waals surface area contributed by atoms with E-state index in [1.54, 1.807) is 0 Å². The average molecular weight is 236 g/mol. The second-order valence-electron chi connectivity index (χ2n) is 3.55. The Bertz CT molecular complexity index is 348. The Kier molecular flexibility index (Phi) is 4.89. The third-order valence-electron chi connectivity index (χ3n) is 1.82. The monoisotopic (exact) mass is 236 g/mol. The molecule has 0 bridgehead atoms. The van der Waals surface area contributed by atoms with Crippen LogP contribution in [-0.4, -0.2) is 31.4 Å². The summed E-state index contributed by atoms with van der Waals surface area (Å²) in [7, 11) is -3.57. The van der Waals surface area contributed by atoms with Crippen molar-refractivity contribution in [3.8, 4) is 0 Å². The van der Waals surface area contributed by atoms with Gasteiger partial charge in [0.2, 0.25) is 15.9 Å². The minimum absolute atomic E-state index is 0.318. The van der Waals surface area contributed by atoms with Gasteiger partial charge in [-0.15, -0.1) is 0 Å². The number of nitrogens with two attached hydrogens (primary N) is 1. The molecule has 1 atom stereocenters. The van der Waals surface area contributed by atoms with E-state index in [9.17, 15) is 18.0 Å². The topological polar surface area (TPSA) is 106 Å². The zero-order valence-corrected chi connectivity index (χ0v) is 9.80. The fourth-order valence-corrected chi connectivity index (χ4v) is 1.72. The predicted octanol–water partition coefficient (Wildman–Crippen LogP) is -0.853. The maximum atomic E-state index is 11.4. The second-order valence-corrected chi connectivity index (χ2v) is 5.81. The largest absolute Gasteiger partial charge is 0.370 e. The summed E-state index contributed by atoms with van der Waals surface area (Å²) in [5, 5.41) is -0.660. The van der Waals surface area contributed by atoms with Gasteiger partial charge in [-0.25, -0.2) is 13.1 Å². The summed E-state index contributed by atoms with van der Waals surface area (Å²) in [6, 6.07) is -1.06. The number of carbonyl (C=O) groups excluding carboxylic acids is 2. The van der Waals surface area contributed by atoms with Crippen LogP contribution in [0.2, 0.25) is 0 Å². The fourth-order valence-electron chi connectivity index (χ4n) is 0.804. The highest BCUT2D eigenvalue weighted by molar-refractivity contribution is 7.90. The van der Waals surface area contributed by atoms with Crippen molar-refractivity contribution in [2.24, 2.45) is 5.73 Å². The van der Waals surface area contributed by atoms with E-state index in [4.69, 9.17) is 5.73 Å². The number of hydrogen-bond acceptors (Lipinski definition) is 4. The maximum absolute atomic E-state index is 11.4. The first kappa shape index (κ1) is 14.1. The van der Waals surface area contributed by atoms with Gasteiger partial charge in [0.15, 0.2) is 0 Å². The number of primary amides is 1. The Hall–Kier alpha value is -0.950. The molecule has 0 aliphatic heterocycles. The van der Waals surface area contributed by atoms with E-state index in [1.807, 2.05) is 0 Å². The first-order valence-corrected chi connectivity index (χ1v) is 6.01. The number of rotatable bonds is 6. The third-order valence-corrected chi connectivity index (χ3v) is 3.68. The van der Waals surface area contributed by atoms with Crippen molar-refractivity contribution in [3.05, 3.63) is 0 Å². The van der Waals surface area contributed by atoms with Crippen LogP contribution >= 0.6 is 0 Å². The molecule has 15 heavy (non-hydrogen) atoms. The van der Waals surface area contributed by atoms with Crippen LogP contribution in [0.1, 0.15) is 27.2 Å². The van der Waals surface area contributed by atoms with Crippen molar-refractivity contribution in [2.45, 2.75) is 38.5 Å². The molecule has 0 saturated carbocycles.